The summed E-state index contributed by atoms with van der Waals surface area (Å²) in [6.45, 7) is 2.08. The minimum absolute atomic E-state index is 0.391. The number of hydrogen-bond acceptors (Lipinski definition) is 0. The topological polar surface area (TPSA) is 0 Å². The molecule has 3 atom stereocenters. The Balaban J connectivity index is 0.000000149. The lowest BCUT2D eigenvalue weighted by molar-refractivity contribution is 0.689. The van der Waals surface area contributed by atoms with E-state index in [1.165, 1.54) is 12.0 Å². The lowest BCUT2D eigenvalue weighted by Gasteiger charge is -2.22. The standard InChI is InChI=1S/C7H9Cl3Si.C7H8/c8-11(9,10)7-4-5-1-2-6(7)3-5;1-7-5-3-2-4-6-7/h1-2,5-7H,3-4H2;2-6H,1H3. The summed E-state index contributed by atoms with van der Waals surface area (Å²) in [6.07, 6.45) is 6.84. The minimum atomic E-state index is -2.41. The van der Waals surface area contributed by atoms with Crippen LogP contribution in [0.15, 0.2) is 42.5 Å². The summed E-state index contributed by atoms with van der Waals surface area (Å²) in [7, 11) is 0. The molecule has 1 fully saturated rings. The highest BCUT2D eigenvalue weighted by Gasteiger charge is 2.48. The van der Waals surface area contributed by atoms with E-state index in [-0.39, 0.29) is 0 Å². The molecule has 0 saturated heterocycles. The van der Waals surface area contributed by atoms with E-state index < -0.39 is 6.00 Å². The fourth-order valence-corrected chi connectivity index (χ4v) is 6.25. The molecule has 0 amide bonds. The smallest absolute Gasteiger partial charge is 0.126 e. The van der Waals surface area contributed by atoms with Crippen molar-refractivity contribution >= 4 is 39.2 Å². The van der Waals surface area contributed by atoms with E-state index >= 15 is 0 Å². The molecule has 98 valence electrons. The number of fused-ring (bicyclic) bond motifs is 2. The van der Waals surface area contributed by atoms with Crippen molar-refractivity contribution in [2.24, 2.45) is 11.8 Å². The predicted molar refractivity (Wildman–Crippen MR) is 83.6 cm³/mol. The molecule has 1 saturated carbocycles. The van der Waals surface area contributed by atoms with Crippen molar-refractivity contribution < 1.29 is 0 Å². The number of allylic oxidation sites excluding steroid dienone is 2. The molecule has 0 N–H and O–H groups in total. The third kappa shape index (κ3) is 3.77. The first-order chi connectivity index (χ1) is 8.47. The van der Waals surface area contributed by atoms with Crippen molar-refractivity contribution in [2.45, 2.75) is 25.3 Å². The average molecular weight is 320 g/mol. The zero-order valence-electron chi connectivity index (χ0n) is 10.3. The van der Waals surface area contributed by atoms with Crippen molar-refractivity contribution in [3.05, 3.63) is 48.0 Å². The molecular formula is C14H17Cl3Si. The maximum absolute atomic E-state index is 5.97. The lowest BCUT2D eigenvalue weighted by Crippen LogP contribution is -2.23. The molecule has 0 aliphatic heterocycles. The van der Waals surface area contributed by atoms with Crippen LogP contribution in [0.2, 0.25) is 5.54 Å². The van der Waals surface area contributed by atoms with Crippen LogP contribution in [0.5, 0.6) is 0 Å². The van der Waals surface area contributed by atoms with E-state index in [9.17, 15) is 0 Å². The summed E-state index contributed by atoms with van der Waals surface area (Å²) in [5.41, 5.74) is 1.71. The van der Waals surface area contributed by atoms with Gasteiger partial charge in [0.05, 0.1) is 0 Å². The van der Waals surface area contributed by atoms with Gasteiger partial charge < -0.3 is 0 Å². The molecule has 0 aromatic heterocycles. The van der Waals surface area contributed by atoms with Crippen LogP contribution in [0.1, 0.15) is 18.4 Å². The van der Waals surface area contributed by atoms with E-state index in [0.29, 0.717) is 17.4 Å². The molecule has 3 unspecified atom stereocenters. The Morgan fingerprint density at radius 2 is 1.67 bits per heavy atom. The molecule has 0 spiro atoms. The van der Waals surface area contributed by atoms with Crippen molar-refractivity contribution in [1.82, 2.24) is 0 Å². The third-order valence-electron chi connectivity index (χ3n) is 3.64. The van der Waals surface area contributed by atoms with Gasteiger partial charge in [0.1, 0.15) is 0 Å². The minimum Gasteiger partial charge on any atom is -0.126 e. The van der Waals surface area contributed by atoms with Crippen LogP contribution >= 0.6 is 33.2 Å². The molecule has 3 rings (SSSR count). The number of hydrogen-bond donors (Lipinski definition) is 0. The highest BCUT2D eigenvalue weighted by Crippen LogP contribution is 2.55. The van der Waals surface area contributed by atoms with Crippen LogP contribution in [0.25, 0.3) is 0 Å². The van der Waals surface area contributed by atoms with Gasteiger partial charge in [-0.25, -0.2) is 0 Å². The largest absolute Gasteiger partial charge is 0.344 e. The molecule has 4 heteroatoms. The SMILES string of the molecule is Cc1ccccc1.Cl[Si](Cl)(Cl)C1CC2C=CC1C2. The Morgan fingerprint density at radius 1 is 1.00 bits per heavy atom. The molecule has 0 heterocycles. The maximum Gasteiger partial charge on any atom is 0.344 e. The van der Waals surface area contributed by atoms with Crippen LogP contribution in [0, 0.1) is 18.8 Å². The van der Waals surface area contributed by atoms with Crippen LogP contribution in [0.4, 0.5) is 0 Å². The van der Waals surface area contributed by atoms with Gasteiger partial charge in [0, 0.05) is 5.54 Å². The van der Waals surface area contributed by atoms with Crippen LogP contribution in [0.3, 0.4) is 0 Å². The quantitative estimate of drug-likeness (QED) is 0.359. The first kappa shape index (κ1) is 14.5. The molecule has 2 aliphatic rings. The number of aryl methyl sites for hydroxylation is 1. The normalized spacial score (nSPS) is 29.0. The molecular weight excluding hydrogens is 303 g/mol. The second kappa shape index (κ2) is 6.00. The Bertz CT molecular complexity index is 411. The molecule has 2 bridgehead atoms. The average Bonchev–Trinajstić information content (AvgIpc) is 2.91. The van der Waals surface area contributed by atoms with Gasteiger partial charge in [-0.05, 0) is 31.6 Å². The summed E-state index contributed by atoms with van der Waals surface area (Å²) in [5.74, 6) is 1.30. The van der Waals surface area contributed by atoms with Crippen molar-refractivity contribution in [1.29, 1.82) is 0 Å². The summed E-state index contributed by atoms with van der Waals surface area (Å²) in [4.78, 5) is 0. The second-order valence-electron chi connectivity index (χ2n) is 5.08. The van der Waals surface area contributed by atoms with Crippen molar-refractivity contribution in [2.75, 3.05) is 0 Å². The van der Waals surface area contributed by atoms with E-state index in [0.717, 1.165) is 6.42 Å². The molecule has 18 heavy (non-hydrogen) atoms. The van der Waals surface area contributed by atoms with E-state index in [4.69, 9.17) is 33.2 Å². The van der Waals surface area contributed by atoms with Crippen LogP contribution in [-0.4, -0.2) is 6.00 Å². The van der Waals surface area contributed by atoms with Crippen molar-refractivity contribution in [3.8, 4) is 0 Å². The molecule has 0 radical (unpaired) electrons. The van der Waals surface area contributed by atoms with Crippen molar-refractivity contribution in [3.63, 3.8) is 0 Å². The molecule has 0 nitrogen and oxygen atoms in total. The van der Waals surface area contributed by atoms with Gasteiger partial charge in [0.15, 0.2) is 0 Å². The first-order valence-corrected chi connectivity index (χ1v) is 11.3. The van der Waals surface area contributed by atoms with Crippen LogP contribution in [-0.2, 0) is 0 Å². The van der Waals surface area contributed by atoms with Gasteiger partial charge in [-0.2, -0.15) is 0 Å². The van der Waals surface area contributed by atoms with Gasteiger partial charge in [-0.1, -0.05) is 48.0 Å². The Morgan fingerprint density at radius 3 is 1.94 bits per heavy atom. The molecule has 1 aromatic rings. The zero-order chi connectivity index (χ0) is 13.2. The summed E-state index contributed by atoms with van der Waals surface area (Å²) >= 11 is 17.9. The van der Waals surface area contributed by atoms with Crippen LogP contribution < -0.4 is 0 Å². The molecule has 1 aromatic carbocycles. The zero-order valence-corrected chi connectivity index (χ0v) is 13.6. The van der Waals surface area contributed by atoms with Gasteiger partial charge in [0.25, 0.3) is 0 Å². The molecule has 2 aliphatic carbocycles. The predicted octanol–water partition coefficient (Wildman–Crippen LogP) is 5.60. The first-order valence-electron chi connectivity index (χ1n) is 6.23. The Kier molecular flexibility index (Phi) is 4.82. The second-order valence-corrected chi connectivity index (χ2v) is 14.0. The lowest BCUT2D eigenvalue weighted by atomic mass is 10.1. The van der Waals surface area contributed by atoms with Gasteiger partial charge in [-0.15, -0.1) is 33.2 Å². The Hall–Kier alpha value is 0.0469. The summed E-state index contributed by atoms with van der Waals surface area (Å²) in [5, 5.41) is 0. The van der Waals surface area contributed by atoms with E-state index in [1.807, 2.05) is 18.2 Å². The monoisotopic (exact) mass is 318 g/mol. The Labute approximate surface area is 124 Å². The highest BCUT2D eigenvalue weighted by molar-refractivity contribution is 7.65. The number of rotatable bonds is 1. The van der Waals surface area contributed by atoms with Gasteiger partial charge >= 0.3 is 6.00 Å². The van der Waals surface area contributed by atoms with Gasteiger partial charge in [0.2, 0.25) is 0 Å². The number of halogens is 3. The third-order valence-corrected chi connectivity index (χ3v) is 7.67. The van der Waals surface area contributed by atoms with E-state index in [2.05, 4.69) is 31.2 Å². The summed E-state index contributed by atoms with van der Waals surface area (Å²) in [6, 6.07) is 7.85. The number of benzene rings is 1. The van der Waals surface area contributed by atoms with Gasteiger partial charge in [-0.3, -0.25) is 0 Å². The fourth-order valence-electron chi connectivity index (χ4n) is 2.69. The van der Waals surface area contributed by atoms with E-state index in [1.54, 1.807) is 0 Å². The highest BCUT2D eigenvalue weighted by atomic mass is 35.8. The summed E-state index contributed by atoms with van der Waals surface area (Å²) < 4.78 is 0. The fraction of sp³-hybridized carbons (Fsp3) is 0.429. The maximum atomic E-state index is 5.97.